The fourth-order valence-corrected chi connectivity index (χ4v) is 5.04. The molecule has 3 N–H and O–H groups in total. The molecule has 5 rings (SSSR count). The molecular formula is C30H31ClN4O3. The first kappa shape index (κ1) is 25.9. The zero-order chi connectivity index (χ0) is 26.8. The number of aromatic nitrogens is 1. The molecule has 8 heteroatoms. The fraction of sp³-hybridized carbons (Fsp3) is 0.300. The third kappa shape index (κ3) is 5.30. The van der Waals surface area contributed by atoms with Crippen molar-refractivity contribution in [1.29, 1.82) is 5.41 Å². The van der Waals surface area contributed by atoms with Crippen molar-refractivity contribution < 1.29 is 9.15 Å². The summed E-state index contributed by atoms with van der Waals surface area (Å²) in [7, 11) is 0. The van der Waals surface area contributed by atoms with Crippen LogP contribution in [0, 0.1) is 19.3 Å². The van der Waals surface area contributed by atoms with Gasteiger partial charge in [0.25, 0.3) is 0 Å². The fourth-order valence-electron chi connectivity index (χ4n) is 4.93. The predicted molar refractivity (Wildman–Crippen MR) is 154 cm³/mol. The molecule has 1 fully saturated rings. The molecular weight excluding hydrogens is 500 g/mol. The van der Waals surface area contributed by atoms with E-state index in [0.717, 1.165) is 59.5 Å². The number of hydrogen-bond donors (Lipinski definition) is 3. The van der Waals surface area contributed by atoms with Gasteiger partial charge in [-0.15, -0.1) is 0 Å². The van der Waals surface area contributed by atoms with E-state index in [9.17, 15) is 4.79 Å². The highest BCUT2D eigenvalue weighted by Crippen LogP contribution is 2.34. The van der Waals surface area contributed by atoms with E-state index < -0.39 is 0 Å². The molecule has 2 aromatic carbocycles. The second-order valence-corrected chi connectivity index (χ2v) is 10.2. The van der Waals surface area contributed by atoms with Gasteiger partial charge in [-0.25, -0.2) is 4.98 Å². The Morgan fingerprint density at radius 3 is 2.71 bits per heavy atom. The van der Waals surface area contributed by atoms with Crippen LogP contribution in [0.15, 0.2) is 57.9 Å². The zero-order valence-corrected chi connectivity index (χ0v) is 22.5. The molecule has 0 saturated carbocycles. The van der Waals surface area contributed by atoms with Crippen molar-refractivity contribution >= 4 is 40.2 Å². The van der Waals surface area contributed by atoms with Gasteiger partial charge in [-0.2, -0.15) is 0 Å². The molecule has 196 valence electrons. The molecule has 1 saturated heterocycles. The Hall–Kier alpha value is -3.68. The highest BCUT2D eigenvalue weighted by atomic mass is 35.5. The summed E-state index contributed by atoms with van der Waals surface area (Å²) >= 11 is 5.94. The second-order valence-electron chi connectivity index (χ2n) is 9.80. The maximum Gasteiger partial charge on any atom is 0.196 e. The quantitative estimate of drug-likeness (QED) is 0.172. The average molecular weight is 531 g/mol. The molecule has 1 aliphatic rings. The predicted octanol–water partition coefficient (Wildman–Crippen LogP) is 7.23. The van der Waals surface area contributed by atoms with Crippen LogP contribution in [0.3, 0.4) is 0 Å². The van der Waals surface area contributed by atoms with Gasteiger partial charge in [0.05, 0.1) is 23.3 Å². The van der Waals surface area contributed by atoms with Crippen molar-refractivity contribution in [3.05, 3.63) is 86.3 Å². The summed E-state index contributed by atoms with van der Waals surface area (Å²) in [6, 6.07) is 13.0. The van der Waals surface area contributed by atoms with E-state index in [1.807, 2.05) is 50.2 Å². The van der Waals surface area contributed by atoms with Gasteiger partial charge >= 0.3 is 0 Å². The number of benzene rings is 2. The molecule has 2 atom stereocenters. The van der Waals surface area contributed by atoms with Crippen LogP contribution < -0.4 is 16.1 Å². The van der Waals surface area contributed by atoms with Crippen molar-refractivity contribution in [3.63, 3.8) is 0 Å². The van der Waals surface area contributed by atoms with Crippen LogP contribution in [0.25, 0.3) is 22.3 Å². The van der Waals surface area contributed by atoms with E-state index in [1.54, 1.807) is 19.2 Å². The number of halogens is 1. The molecule has 0 bridgehead atoms. The maximum atomic E-state index is 13.6. The monoisotopic (exact) mass is 530 g/mol. The number of nitrogens with one attached hydrogen (secondary N) is 3. The van der Waals surface area contributed by atoms with Crippen LogP contribution >= 0.6 is 11.6 Å². The number of anilines is 2. The van der Waals surface area contributed by atoms with E-state index in [1.165, 1.54) is 6.21 Å². The van der Waals surface area contributed by atoms with E-state index in [4.69, 9.17) is 26.2 Å². The molecule has 1 aliphatic heterocycles. The lowest BCUT2D eigenvalue weighted by atomic mass is 9.98. The van der Waals surface area contributed by atoms with E-state index in [-0.39, 0.29) is 17.7 Å². The molecule has 7 nitrogen and oxygen atoms in total. The van der Waals surface area contributed by atoms with Gasteiger partial charge in [-0.3, -0.25) is 4.79 Å². The van der Waals surface area contributed by atoms with Crippen LogP contribution in [0.4, 0.5) is 11.4 Å². The number of ether oxygens (including phenoxy) is 1. The van der Waals surface area contributed by atoms with E-state index in [0.29, 0.717) is 27.4 Å². The van der Waals surface area contributed by atoms with Crippen LogP contribution in [0.2, 0.25) is 5.15 Å². The smallest absolute Gasteiger partial charge is 0.196 e. The Kier molecular flexibility index (Phi) is 7.49. The topological polar surface area (TPSA) is 100 Å². The van der Waals surface area contributed by atoms with E-state index >= 15 is 0 Å². The first-order chi connectivity index (χ1) is 18.3. The third-order valence-corrected chi connectivity index (χ3v) is 7.16. The highest BCUT2D eigenvalue weighted by Gasteiger charge is 2.21. The number of rotatable bonds is 7. The lowest BCUT2D eigenvalue weighted by molar-refractivity contribution is 0.0343. The van der Waals surface area contributed by atoms with Gasteiger partial charge in [-0.05, 0) is 69.9 Å². The molecule has 3 heterocycles. The molecule has 4 aromatic rings. The summed E-state index contributed by atoms with van der Waals surface area (Å²) in [4.78, 5) is 17.7. The van der Waals surface area contributed by atoms with E-state index in [2.05, 4.69) is 15.6 Å². The molecule has 2 aromatic heterocycles. The van der Waals surface area contributed by atoms with Gasteiger partial charge in [0.1, 0.15) is 22.7 Å². The standard InChI is InChI=1S/C30H31ClN4O3/c1-17-12-23(19(3)34-22-9-10-26(31)33-16-22)30-24(13-17)28(36)18(2)29(38-30)20-7-8-21(15-32)25(14-20)35-27-6-4-5-11-37-27/h7-10,12-16,19,27,32,34-35H,4-6,11H2,1-3H3. The van der Waals surface area contributed by atoms with Crippen molar-refractivity contribution in [2.75, 3.05) is 17.2 Å². The summed E-state index contributed by atoms with van der Waals surface area (Å²) < 4.78 is 12.4. The average Bonchev–Trinajstić information content (AvgIpc) is 2.92. The Labute approximate surface area is 226 Å². The minimum absolute atomic E-state index is 0.0622. The SMILES string of the molecule is Cc1cc(C(C)Nc2ccc(Cl)nc2)c2oc(-c3ccc(C=N)c(NC4CCCCO4)c3)c(C)c(=O)c2c1. The normalized spacial score (nSPS) is 16.3. The van der Waals surface area contributed by atoms with Crippen LogP contribution in [-0.4, -0.2) is 24.0 Å². The molecule has 0 radical (unpaired) electrons. The van der Waals surface area contributed by atoms with Gasteiger partial charge < -0.3 is 25.2 Å². The lowest BCUT2D eigenvalue weighted by Crippen LogP contribution is -2.27. The molecule has 2 unspecified atom stereocenters. The summed E-state index contributed by atoms with van der Waals surface area (Å²) in [5.41, 5.74) is 5.97. The number of pyridine rings is 1. The third-order valence-electron chi connectivity index (χ3n) is 6.94. The van der Waals surface area contributed by atoms with Crippen molar-refractivity contribution in [1.82, 2.24) is 4.98 Å². The number of aryl methyl sites for hydroxylation is 1. The number of nitrogens with zero attached hydrogens (tertiary/aromatic N) is 1. The molecule has 38 heavy (non-hydrogen) atoms. The molecule has 0 aliphatic carbocycles. The second kappa shape index (κ2) is 11.0. The minimum atomic E-state index is -0.167. The Bertz CT molecular complexity index is 1540. The lowest BCUT2D eigenvalue weighted by Gasteiger charge is -2.25. The van der Waals surface area contributed by atoms with Gasteiger partial charge in [0, 0.05) is 40.8 Å². The van der Waals surface area contributed by atoms with Crippen LogP contribution in [0.5, 0.6) is 0 Å². The van der Waals surface area contributed by atoms with Gasteiger partial charge in [0.2, 0.25) is 0 Å². The number of hydrogen-bond acceptors (Lipinski definition) is 7. The molecule has 0 spiro atoms. The maximum absolute atomic E-state index is 13.6. The summed E-state index contributed by atoms with van der Waals surface area (Å²) in [6.07, 6.45) is 5.95. The van der Waals surface area contributed by atoms with Crippen LogP contribution in [0.1, 0.15) is 54.5 Å². The van der Waals surface area contributed by atoms with Crippen molar-refractivity contribution in [3.8, 4) is 11.3 Å². The highest BCUT2D eigenvalue weighted by molar-refractivity contribution is 6.29. The van der Waals surface area contributed by atoms with Crippen molar-refractivity contribution in [2.45, 2.75) is 52.3 Å². The minimum Gasteiger partial charge on any atom is -0.455 e. The largest absolute Gasteiger partial charge is 0.455 e. The summed E-state index contributed by atoms with van der Waals surface area (Å²) in [5, 5.41) is 15.7. The first-order valence-electron chi connectivity index (χ1n) is 12.8. The van der Waals surface area contributed by atoms with Crippen molar-refractivity contribution in [2.24, 2.45) is 0 Å². The van der Waals surface area contributed by atoms with Crippen LogP contribution in [-0.2, 0) is 4.74 Å². The molecule has 0 amide bonds. The first-order valence-corrected chi connectivity index (χ1v) is 13.2. The summed E-state index contributed by atoms with van der Waals surface area (Å²) in [6.45, 7) is 6.51. The van der Waals surface area contributed by atoms with Gasteiger partial charge in [0.15, 0.2) is 5.43 Å². The Balaban J connectivity index is 1.59. The Morgan fingerprint density at radius 1 is 1.16 bits per heavy atom. The number of fused-ring (bicyclic) bond motifs is 1. The Morgan fingerprint density at radius 2 is 2.00 bits per heavy atom. The zero-order valence-electron chi connectivity index (χ0n) is 21.7. The van der Waals surface area contributed by atoms with Gasteiger partial charge in [-0.1, -0.05) is 29.8 Å². The summed E-state index contributed by atoms with van der Waals surface area (Å²) in [5.74, 6) is 0.511.